The van der Waals surface area contributed by atoms with E-state index in [9.17, 15) is 9.90 Å². The van der Waals surface area contributed by atoms with Crippen LogP contribution in [0.3, 0.4) is 0 Å². The maximum absolute atomic E-state index is 11.5. The molecule has 0 aliphatic heterocycles. The van der Waals surface area contributed by atoms with Crippen molar-refractivity contribution in [3.8, 4) is 0 Å². The Bertz CT molecular complexity index is 591. The molecule has 0 unspecified atom stereocenters. The summed E-state index contributed by atoms with van der Waals surface area (Å²) >= 11 is 0. The van der Waals surface area contributed by atoms with E-state index < -0.39 is 5.97 Å². The summed E-state index contributed by atoms with van der Waals surface area (Å²) < 4.78 is 1.74. The van der Waals surface area contributed by atoms with E-state index in [4.69, 9.17) is 0 Å². The second-order valence-electron chi connectivity index (χ2n) is 5.12. The van der Waals surface area contributed by atoms with Crippen molar-refractivity contribution in [2.24, 2.45) is 0 Å². The Morgan fingerprint density at radius 3 is 2.83 bits per heavy atom. The van der Waals surface area contributed by atoms with Crippen LogP contribution in [0.15, 0.2) is 6.20 Å². The molecule has 0 bridgehead atoms. The van der Waals surface area contributed by atoms with Crippen LogP contribution in [0.1, 0.15) is 59.8 Å². The first-order chi connectivity index (χ1) is 8.66. The summed E-state index contributed by atoms with van der Waals surface area (Å²) in [7, 11) is 0. The van der Waals surface area contributed by atoms with Crippen LogP contribution < -0.4 is 0 Å². The van der Waals surface area contributed by atoms with Crippen LogP contribution in [-0.4, -0.2) is 25.7 Å². The van der Waals surface area contributed by atoms with E-state index in [1.165, 1.54) is 19.3 Å². The number of rotatable bonds is 2. The van der Waals surface area contributed by atoms with Crippen LogP contribution >= 0.6 is 0 Å². The monoisotopic (exact) mass is 247 g/mol. The standard InChI is InChI=1S/C13H17N3O2/c1-8-7-16-12(14-8)10(13(17)18)11(15-16)9-5-3-2-4-6-9/h7,9,15H,2-6H2,1H3,(H,17,18). The molecule has 1 aliphatic rings. The Labute approximate surface area is 105 Å². The minimum atomic E-state index is -0.882. The highest BCUT2D eigenvalue weighted by molar-refractivity contribution is 5.96. The molecule has 2 N–H and O–H groups in total. The molecule has 1 aliphatic carbocycles. The first-order valence-electron chi connectivity index (χ1n) is 6.47. The average molecular weight is 247 g/mol. The molecule has 0 atom stereocenters. The first-order valence-corrected chi connectivity index (χ1v) is 6.47. The molecule has 0 aromatic carbocycles. The van der Waals surface area contributed by atoms with Gasteiger partial charge in [0.05, 0.1) is 11.4 Å². The normalized spacial score (nSPS) is 17.4. The highest BCUT2D eigenvalue weighted by Gasteiger charge is 2.27. The van der Waals surface area contributed by atoms with E-state index in [-0.39, 0.29) is 0 Å². The third-order valence-electron chi connectivity index (χ3n) is 3.79. The molecular weight excluding hydrogens is 230 g/mol. The summed E-state index contributed by atoms with van der Waals surface area (Å²) in [6.45, 7) is 1.87. The van der Waals surface area contributed by atoms with Gasteiger partial charge in [0.1, 0.15) is 5.56 Å². The molecule has 5 heteroatoms. The maximum Gasteiger partial charge on any atom is 0.341 e. The van der Waals surface area contributed by atoms with Crippen LogP contribution in [-0.2, 0) is 0 Å². The van der Waals surface area contributed by atoms with Crippen LogP contribution in [0.2, 0.25) is 0 Å². The molecule has 0 spiro atoms. The SMILES string of the molecule is Cc1cn2[nH]c(C3CCCCC3)c(C(=O)O)c2n1. The summed E-state index contributed by atoms with van der Waals surface area (Å²) in [5.74, 6) is -0.542. The molecule has 0 saturated heterocycles. The number of aromatic carboxylic acids is 1. The lowest BCUT2D eigenvalue weighted by Crippen LogP contribution is -2.10. The lowest BCUT2D eigenvalue weighted by Gasteiger charge is -2.20. The van der Waals surface area contributed by atoms with Gasteiger partial charge in [0.2, 0.25) is 0 Å². The van der Waals surface area contributed by atoms with Crippen molar-refractivity contribution in [2.45, 2.75) is 44.9 Å². The number of aryl methyl sites for hydroxylation is 1. The number of hydrogen-bond acceptors (Lipinski definition) is 2. The molecular formula is C13H17N3O2. The molecule has 2 heterocycles. The summed E-state index contributed by atoms with van der Waals surface area (Å²) in [6.07, 6.45) is 7.62. The number of carbonyl (C=O) groups is 1. The van der Waals surface area contributed by atoms with Crippen LogP contribution in [0.5, 0.6) is 0 Å². The molecule has 18 heavy (non-hydrogen) atoms. The third kappa shape index (κ3) is 1.70. The van der Waals surface area contributed by atoms with Gasteiger partial charge >= 0.3 is 5.97 Å². The second kappa shape index (κ2) is 4.15. The zero-order valence-corrected chi connectivity index (χ0v) is 10.4. The summed E-state index contributed by atoms with van der Waals surface area (Å²) in [6, 6.07) is 0. The van der Waals surface area contributed by atoms with Crippen LogP contribution in [0.25, 0.3) is 5.65 Å². The Morgan fingerprint density at radius 1 is 1.44 bits per heavy atom. The van der Waals surface area contributed by atoms with Crippen LogP contribution in [0, 0.1) is 6.92 Å². The van der Waals surface area contributed by atoms with Crippen LogP contribution in [0.4, 0.5) is 0 Å². The number of H-pyrrole nitrogens is 1. The number of aromatic amines is 1. The second-order valence-corrected chi connectivity index (χ2v) is 5.12. The predicted octanol–water partition coefficient (Wildman–Crippen LogP) is 2.72. The van der Waals surface area contributed by atoms with Crippen molar-refractivity contribution in [2.75, 3.05) is 0 Å². The predicted molar refractivity (Wildman–Crippen MR) is 67.1 cm³/mol. The molecule has 3 rings (SSSR count). The minimum Gasteiger partial charge on any atom is -0.477 e. The zero-order valence-electron chi connectivity index (χ0n) is 10.4. The Kier molecular flexibility index (Phi) is 2.61. The van der Waals surface area contributed by atoms with Crippen molar-refractivity contribution in [1.82, 2.24) is 14.6 Å². The first kappa shape index (κ1) is 11.3. The molecule has 5 nitrogen and oxygen atoms in total. The Hall–Kier alpha value is -1.78. The van der Waals surface area contributed by atoms with Crippen molar-refractivity contribution in [1.29, 1.82) is 0 Å². The Balaban J connectivity index is 2.12. The Morgan fingerprint density at radius 2 is 2.17 bits per heavy atom. The van der Waals surface area contributed by atoms with Crippen molar-refractivity contribution in [3.05, 3.63) is 23.1 Å². The fourth-order valence-electron chi connectivity index (χ4n) is 2.96. The molecule has 0 amide bonds. The van der Waals surface area contributed by atoms with Gasteiger partial charge in [-0.05, 0) is 19.8 Å². The van der Waals surface area contributed by atoms with Gasteiger partial charge in [0.15, 0.2) is 5.65 Å². The fourth-order valence-corrected chi connectivity index (χ4v) is 2.96. The van der Waals surface area contributed by atoms with Gasteiger partial charge in [-0.25, -0.2) is 14.3 Å². The molecule has 1 saturated carbocycles. The molecule has 96 valence electrons. The van der Waals surface area contributed by atoms with Crippen molar-refractivity contribution >= 4 is 11.6 Å². The van der Waals surface area contributed by atoms with Gasteiger partial charge in [0, 0.05) is 12.1 Å². The van der Waals surface area contributed by atoms with Crippen molar-refractivity contribution < 1.29 is 9.90 Å². The molecule has 2 aromatic rings. The van der Waals surface area contributed by atoms with Gasteiger partial charge in [-0.2, -0.15) is 0 Å². The average Bonchev–Trinajstić information content (AvgIpc) is 2.85. The van der Waals surface area contributed by atoms with E-state index in [1.807, 2.05) is 13.1 Å². The lowest BCUT2D eigenvalue weighted by atomic mass is 9.85. The highest BCUT2D eigenvalue weighted by Crippen LogP contribution is 2.34. The summed E-state index contributed by atoms with van der Waals surface area (Å²) in [4.78, 5) is 15.8. The highest BCUT2D eigenvalue weighted by atomic mass is 16.4. The molecule has 0 radical (unpaired) electrons. The lowest BCUT2D eigenvalue weighted by molar-refractivity contribution is 0.0696. The minimum absolute atomic E-state index is 0.340. The van der Waals surface area contributed by atoms with E-state index in [1.54, 1.807) is 4.52 Å². The number of carboxylic acid groups (broad SMARTS) is 1. The van der Waals surface area contributed by atoms with Gasteiger partial charge in [-0.15, -0.1) is 0 Å². The quantitative estimate of drug-likeness (QED) is 0.857. The number of nitrogens with one attached hydrogen (secondary N) is 1. The molecule has 2 aromatic heterocycles. The number of hydrogen-bond donors (Lipinski definition) is 2. The number of fused-ring (bicyclic) bond motifs is 1. The third-order valence-corrected chi connectivity index (χ3v) is 3.79. The topological polar surface area (TPSA) is 70.4 Å². The number of aromatic nitrogens is 3. The van der Waals surface area contributed by atoms with E-state index in [0.717, 1.165) is 24.2 Å². The van der Waals surface area contributed by atoms with Gasteiger partial charge in [0.25, 0.3) is 0 Å². The van der Waals surface area contributed by atoms with Gasteiger partial charge < -0.3 is 5.11 Å². The zero-order chi connectivity index (χ0) is 12.7. The summed E-state index contributed by atoms with van der Waals surface area (Å²) in [5, 5.41) is 12.6. The van der Waals surface area contributed by atoms with E-state index in [2.05, 4.69) is 10.1 Å². The smallest absolute Gasteiger partial charge is 0.341 e. The summed E-state index contributed by atoms with van der Waals surface area (Å²) in [5.41, 5.74) is 2.58. The fraction of sp³-hybridized carbons (Fsp3) is 0.538. The number of imidazole rings is 1. The van der Waals surface area contributed by atoms with E-state index >= 15 is 0 Å². The van der Waals surface area contributed by atoms with Crippen molar-refractivity contribution in [3.63, 3.8) is 0 Å². The molecule has 1 fully saturated rings. The largest absolute Gasteiger partial charge is 0.477 e. The van der Waals surface area contributed by atoms with Gasteiger partial charge in [-0.3, -0.25) is 5.10 Å². The number of carboxylic acids is 1. The maximum atomic E-state index is 11.5. The van der Waals surface area contributed by atoms with E-state index in [0.29, 0.717) is 17.1 Å². The number of nitrogens with zero attached hydrogens (tertiary/aromatic N) is 2. The van der Waals surface area contributed by atoms with Gasteiger partial charge in [-0.1, -0.05) is 19.3 Å².